The molecular weight excluding hydrogens is 991 g/mol. The SMILES string of the molecule is CCCCCCc1c[c-]c(-c2nccc3ccccc23)cc1.CCCCCCc1c[c-]c(-c2nccc3ccccc23)cc1.CCCCCCc1c[c-]c(-c2nccc3ccccc23)cc1.[Ir+3]. The van der Waals surface area contributed by atoms with Crippen LogP contribution in [0.5, 0.6) is 0 Å². The Morgan fingerprint density at radius 3 is 0.896 bits per heavy atom. The second kappa shape index (κ2) is 27.7. The molecule has 0 amide bonds. The van der Waals surface area contributed by atoms with E-state index >= 15 is 0 Å². The summed E-state index contributed by atoms with van der Waals surface area (Å²) in [5.41, 5.74) is 10.4. The summed E-state index contributed by atoms with van der Waals surface area (Å²) in [6.45, 7) is 6.75. The van der Waals surface area contributed by atoms with Crippen LogP contribution in [0.2, 0.25) is 0 Å². The standard InChI is InChI=1S/3C21H22N.Ir/c3*1-2-3-4-5-8-17-11-13-19(14-12-17)21-20-10-7-6-9-18(20)15-16-22-21;/h3*6-7,9-13,15-16H,2-5,8H2,1H3;/q3*-1;+3. The fraction of sp³-hybridized carbons (Fsp3) is 0.286. The first-order valence-electron chi connectivity index (χ1n) is 24.7. The minimum absolute atomic E-state index is 0. The maximum absolute atomic E-state index is 4.56. The molecule has 3 nitrogen and oxygen atoms in total. The van der Waals surface area contributed by atoms with Gasteiger partial charge in [-0.2, -0.15) is 0 Å². The van der Waals surface area contributed by atoms with Crippen LogP contribution in [0.3, 0.4) is 0 Å². The van der Waals surface area contributed by atoms with Crippen molar-refractivity contribution in [3.8, 4) is 33.8 Å². The number of fused-ring (bicyclic) bond motifs is 3. The molecule has 0 saturated heterocycles. The first-order valence-corrected chi connectivity index (χ1v) is 24.7. The Morgan fingerprint density at radius 2 is 0.627 bits per heavy atom. The van der Waals surface area contributed by atoms with E-state index in [9.17, 15) is 0 Å². The van der Waals surface area contributed by atoms with Gasteiger partial charge in [0.2, 0.25) is 0 Å². The minimum atomic E-state index is 0. The topological polar surface area (TPSA) is 38.7 Å². The van der Waals surface area contributed by atoms with Crippen molar-refractivity contribution in [2.45, 2.75) is 117 Å². The van der Waals surface area contributed by atoms with Gasteiger partial charge < -0.3 is 15.0 Å². The average Bonchev–Trinajstić information content (AvgIpc) is 3.38. The van der Waals surface area contributed by atoms with Crippen LogP contribution < -0.4 is 0 Å². The molecule has 0 radical (unpaired) electrons. The number of benzene rings is 6. The van der Waals surface area contributed by atoms with E-state index in [1.165, 1.54) is 126 Å². The number of pyridine rings is 3. The third kappa shape index (κ3) is 14.8. The van der Waals surface area contributed by atoms with E-state index in [4.69, 9.17) is 0 Å². The normalized spacial score (nSPS) is 10.8. The van der Waals surface area contributed by atoms with Crippen LogP contribution in [-0.2, 0) is 39.4 Å². The summed E-state index contributed by atoms with van der Waals surface area (Å²) in [5, 5.41) is 7.25. The van der Waals surface area contributed by atoms with Crippen molar-refractivity contribution in [3.05, 3.63) is 199 Å². The molecule has 0 aliphatic heterocycles. The molecule has 0 N–H and O–H groups in total. The molecule has 0 aliphatic rings. The third-order valence-electron chi connectivity index (χ3n) is 12.4. The van der Waals surface area contributed by atoms with Gasteiger partial charge in [-0.25, -0.2) is 0 Å². The van der Waals surface area contributed by atoms with Crippen molar-refractivity contribution in [3.63, 3.8) is 0 Å². The predicted molar refractivity (Wildman–Crippen MR) is 282 cm³/mol. The number of aryl methyl sites for hydroxylation is 3. The van der Waals surface area contributed by atoms with Crippen molar-refractivity contribution in [2.24, 2.45) is 0 Å². The zero-order chi connectivity index (χ0) is 45.6. The van der Waals surface area contributed by atoms with Crippen LogP contribution in [0.25, 0.3) is 66.1 Å². The zero-order valence-electron chi connectivity index (χ0n) is 39.9. The zero-order valence-corrected chi connectivity index (χ0v) is 42.3. The number of unbranched alkanes of at least 4 members (excludes halogenated alkanes) is 9. The second-order valence-corrected chi connectivity index (χ2v) is 17.4. The molecule has 4 heteroatoms. The van der Waals surface area contributed by atoms with Gasteiger partial charge in [0.1, 0.15) is 0 Å². The van der Waals surface area contributed by atoms with Crippen LogP contribution in [0.1, 0.15) is 115 Å². The quantitative estimate of drug-likeness (QED) is 0.0635. The summed E-state index contributed by atoms with van der Waals surface area (Å²) >= 11 is 0. The Morgan fingerprint density at radius 1 is 0.328 bits per heavy atom. The van der Waals surface area contributed by atoms with Gasteiger partial charge in [-0.1, -0.05) is 190 Å². The maximum Gasteiger partial charge on any atom is 3.00 e. The first-order chi connectivity index (χ1) is 32.6. The fourth-order valence-corrected chi connectivity index (χ4v) is 8.55. The molecule has 67 heavy (non-hydrogen) atoms. The van der Waals surface area contributed by atoms with Crippen molar-refractivity contribution in [2.75, 3.05) is 0 Å². The van der Waals surface area contributed by atoms with E-state index in [2.05, 4.69) is 200 Å². The number of hydrogen-bond donors (Lipinski definition) is 0. The van der Waals surface area contributed by atoms with E-state index in [0.717, 1.165) is 53.0 Å². The summed E-state index contributed by atoms with van der Waals surface area (Å²) in [6.07, 6.45) is 24.8. The molecule has 0 aliphatic carbocycles. The smallest absolute Gasteiger partial charge is 0.304 e. The van der Waals surface area contributed by atoms with E-state index in [1.54, 1.807) is 0 Å². The number of rotatable bonds is 18. The van der Waals surface area contributed by atoms with Gasteiger partial charge in [0.25, 0.3) is 0 Å². The second-order valence-electron chi connectivity index (χ2n) is 17.4. The minimum Gasteiger partial charge on any atom is -0.304 e. The molecule has 0 atom stereocenters. The Hall–Kier alpha value is -5.80. The molecule has 342 valence electrons. The van der Waals surface area contributed by atoms with Gasteiger partial charge in [-0.3, -0.25) is 0 Å². The summed E-state index contributed by atoms with van der Waals surface area (Å²) in [4.78, 5) is 13.7. The van der Waals surface area contributed by atoms with Crippen molar-refractivity contribution in [1.29, 1.82) is 0 Å². The fourth-order valence-electron chi connectivity index (χ4n) is 8.55. The molecule has 0 unspecified atom stereocenters. The van der Waals surface area contributed by atoms with Gasteiger partial charge in [0.15, 0.2) is 0 Å². The average molecular weight is 1060 g/mol. The first kappa shape index (κ1) is 50.6. The maximum atomic E-state index is 4.56. The van der Waals surface area contributed by atoms with Crippen LogP contribution in [0.4, 0.5) is 0 Å². The summed E-state index contributed by atoms with van der Waals surface area (Å²) in [7, 11) is 0. The van der Waals surface area contributed by atoms with Crippen LogP contribution in [0, 0.1) is 18.2 Å². The van der Waals surface area contributed by atoms with Gasteiger partial charge in [-0.15, -0.1) is 106 Å². The predicted octanol–water partition coefficient (Wildman–Crippen LogP) is 17.5. The van der Waals surface area contributed by atoms with E-state index in [1.807, 2.05) is 18.6 Å². The van der Waals surface area contributed by atoms with E-state index in [-0.39, 0.29) is 20.1 Å². The van der Waals surface area contributed by atoms with Crippen LogP contribution in [-0.4, -0.2) is 15.0 Å². The number of aromatic nitrogens is 3. The summed E-state index contributed by atoms with van der Waals surface area (Å²) in [5.74, 6) is 0. The molecule has 9 rings (SSSR count). The van der Waals surface area contributed by atoms with Gasteiger partial charge >= 0.3 is 20.1 Å². The van der Waals surface area contributed by atoms with Crippen LogP contribution >= 0.6 is 0 Å². The Labute approximate surface area is 414 Å². The molecule has 6 aromatic carbocycles. The molecule has 0 bridgehead atoms. The van der Waals surface area contributed by atoms with Crippen molar-refractivity contribution >= 4 is 32.3 Å². The Bertz CT molecular complexity index is 2490. The van der Waals surface area contributed by atoms with E-state index in [0.29, 0.717) is 0 Å². The molecule has 0 fully saturated rings. The Kier molecular flexibility index (Phi) is 21.0. The molecule has 3 heterocycles. The molecule has 3 aromatic heterocycles. The molecular formula is C63H66IrN3. The van der Waals surface area contributed by atoms with Crippen LogP contribution in [0.15, 0.2) is 164 Å². The molecule has 9 aromatic rings. The van der Waals surface area contributed by atoms with Crippen molar-refractivity contribution < 1.29 is 20.1 Å². The summed E-state index contributed by atoms with van der Waals surface area (Å²) < 4.78 is 0. The van der Waals surface area contributed by atoms with Gasteiger partial charge in [0, 0.05) is 18.6 Å². The summed E-state index contributed by atoms with van der Waals surface area (Å²) in [6, 6.07) is 61.1. The largest absolute Gasteiger partial charge is 3.00 e. The number of hydrogen-bond acceptors (Lipinski definition) is 3. The van der Waals surface area contributed by atoms with Gasteiger partial charge in [-0.05, 0) is 67.6 Å². The third-order valence-corrected chi connectivity index (χ3v) is 12.4. The van der Waals surface area contributed by atoms with Gasteiger partial charge in [0.05, 0.1) is 0 Å². The Balaban J connectivity index is 0.000000165. The monoisotopic (exact) mass is 1060 g/mol. The molecule has 0 saturated carbocycles. The molecule has 0 spiro atoms. The number of nitrogens with zero attached hydrogens (tertiary/aromatic N) is 3. The van der Waals surface area contributed by atoms with E-state index < -0.39 is 0 Å². The van der Waals surface area contributed by atoms with Crippen molar-refractivity contribution in [1.82, 2.24) is 15.0 Å².